The molecule has 2 aliphatic heterocycles. The molecular weight excluding hydrogens is 704 g/mol. The van der Waals surface area contributed by atoms with Crippen molar-refractivity contribution in [1.82, 2.24) is 9.97 Å². The summed E-state index contributed by atoms with van der Waals surface area (Å²) in [6, 6.07) is 0. The summed E-state index contributed by atoms with van der Waals surface area (Å²) >= 11 is 0. The molecule has 2 aromatic heterocycles. The lowest BCUT2D eigenvalue weighted by atomic mass is 9.78. The average Bonchev–Trinajstić information content (AvgIpc) is 3.47. The maximum atomic E-state index is 13.3. The maximum Gasteiger partial charge on any atom is 0.360 e. The molecule has 0 aromatic carbocycles. The van der Waals surface area contributed by atoms with Crippen LogP contribution in [0.1, 0.15) is 100.0 Å². The van der Waals surface area contributed by atoms with Gasteiger partial charge in [0.15, 0.2) is 17.3 Å². The number of aromatic nitrogens is 2. The number of methoxy groups -OCH3 is 1. The second kappa shape index (κ2) is 20.1. The molecular formula is C43H54N2O10. The highest BCUT2D eigenvalue weighted by Crippen LogP contribution is 2.33. The molecule has 6 atom stereocenters. The fourth-order valence-electron chi connectivity index (χ4n) is 5.77. The van der Waals surface area contributed by atoms with Gasteiger partial charge in [-0.2, -0.15) is 0 Å². The van der Waals surface area contributed by atoms with Gasteiger partial charge in [-0.1, -0.05) is 99.8 Å². The molecule has 4 heterocycles. The van der Waals surface area contributed by atoms with Gasteiger partial charge in [0.1, 0.15) is 42.7 Å². The van der Waals surface area contributed by atoms with E-state index in [9.17, 15) is 19.5 Å². The van der Waals surface area contributed by atoms with Gasteiger partial charge in [-0.05, 0) is 27.2 Å². The number of carbonyl (C=O) groups is 3. The number of nitrogens with zero attached hydrogens (tertiary/aromatic N) is 2. The summed E-state index contributed by atoms with van der Waals surface area (Å²) in [5, 5.41) is 10.9. The van der Waals surface area contributed by atoms with Crippen LogP contribution in [0.4, 0.5) is 0 Å². The Bertz CT molecular complexity index is 1800. The predicted octanol–water partition coefficient (Wildman–Crippen LogP) is 7.69. The highest BCUT2D eigenvalue weighted by molar-refractivity contribution is 5.89. The molecule has 4 bridgehead atoms. The Balaban J connectivity index is 1.58. The molecule has 6 unspecified atom stereocenters. The third kappa shape index (κ3) is 12.3. The van der Waals surface area contributed by atoms with Gasteiger partial charge in [0.25, 0.3) is 0 Å². The Kier molecular flexibility index (Phi) is 15.7. The Morgan fingerprint density at radius 2 is 1.55 bits per heavy atom. The molecule has 0 amide bonds. The summed E-state index contributed by atoms with van der Waals surface area (Å²) in [5.74, 6) is -0.857. The van der Waals surface area contributed by atoms with Gasteiger partial charge in [0.2, 0.25) is 5.89 Å². The lowest BCUT2D eigenvalue weighted by Gasteiger charge is -2.36. The number of Topliss-reactive ketones (excluding diaryl/α,β-unsaturated/α-hetero) is 1. The third-order valence-corrected chi connectivity index (χ3v) is 9.67. The number of allylic oxidation sites excluding steroid dienone is 7. The smallest absolute Gasteiger partial charge is 0.360 e. The topological polar surface area (TPSA) is 164 Å². The van der Waals surface area contributed by atoms with E-state index in [2.05, 4.69) is 9.97 Å². The average molecular weight is 759 g/mol. The van der Waals surface area contributed by atoms with Crippen LogP contribution in [0.5, 0.6) is 0 Å². The van der Waals surface area contributed by atoms with Crippen LogP contribution in [0.3, 0.4) is 0 Å². The van der Waals surface area contributed by atoms with Gasteiger partial charge in [-0.25, -0.2) is 19.6 Å². The van der Waals surface area contributed by atoms with E-state index in [1.165, 1.54) is 12.5 Å². The van der Waals surface area contributed by atoms with Crippen molar-refractivity contribution in [3.63, 3.8) is 0 Å². The predicted molar refractivity (Wildman–Crippen MR) is 207 cm³/mol. The van der Waals surface area contributed by atoms with Gasteiger partial charge < -0.3 is 32.9 Å². The van der Waals surface area contributed by atoms with Crippen molar-refractivity contribution in [2.45, 2.75) is 110 Å². The number of oxazole rings is 2. The number of carbonyl (C=O) groups excluding carboxylic acids is 3. The summed E-state index contributed by atoms with van der Waals surface area (Å²) in [6.07, 6.45) is 26.4. The molecule has 0 aliphatic carbocycles. The molecule has 55 heavy (non-hydrogen) atoms. The molecule has 12 heteroatoms. The second-order valence-electron chi connectivity index (χ2n) is 14.6. The molecule has 296 valence electrons. The molecule has 12 nitrogen and oxygen atoms in total. The van der Waals surface area contributed by atoms with Crippen LogP contribution in [0.25, 0.3) is 6.08 Å². The summed E-state index contributed by atoms with van der Waals surface area (Å²) < 4.78 is 34.3. The van der Waals surface area contributed by atoms with Crippen LogP contribution >= 0.6 is 0 Å². The van der Waals surface area contributed by atoms with Crippen molar-refractivity contribution in [3.8, 4) is 0 Å². The first-order valence-electron chi connectivity index (χ1n) is 18.7. The number of fused-ring (bicyclic) bond motifs is 5. The molecule has 0 radical (unpaired) electrons. The Hall–Kier alpha value is -4.91. The van der Waals surface area contributed by atoms with Crippen molar-refractivity contribution >= 4 is 23.8 Å². The largest absolute Gasteiger partial charge is 0.457 e. The lowest BCUT2D eigenvalue weighted by molar-refractivity contribution is -0.133. The Morgan fingerprint density at radius 1 is 0.891 bits per heavy atom. The number of ketones is 1. The quantitative estimate of drug-likeness (QED) is 0.159. The number of ether oxygens (including phenoxy) is 4. The van der Waals surface area contributed by atoms with Crippen LogP contribution in [-0.4, -0.2) is 76.5 Å². The van der Waals surface area contributed by atoms with E-state index in [1.807, 2.05) is 76.3 Å². The maximum absolute atomic E-state index is 13.3. The van der Waals surface area contributed by atoms with Crippen LogP contribution < -0.4 is 0 Å². The normalized spacial score (nSPS) is 26.9. The SMILES string of the molecule is C/C=C/C(O)C(C)(C)C1C/C=C\C2OC2/C=C\C=Cc2nc(co2)C(=O)OC(C(C)(C)C(=O)CCC)C\C=C/C=C\C=C/C(OC)Cc2nc(co2)C(=O)O1. The van der Waals surface area contributed by atoms with Gasteiger partial charge in [-0.3, -0.25) is 4.79 Å². The minimum absolute atomic E-state index is 0.00140. The van der Waals surface area contributed by atoms with E-state index in [-0.39, 0.29) is 41.7 Å². The fraction of sp³-hybridized carbons (Fsp3) is 0.465. The second-order valence-corrected chi connectivity index (χ2v) is 14.6. The monoisotopic (exact) mass is 758 g/mol. The molecule has 1 fully saturated rings. The van der Waals surface area contributed by atoms with Crippen LogP contribution in [-0.2, 0) is 30.2 Å². The van der Waals surface area contributed by atoms with Gasteiger partial charge in [-0.15, -0.1) is 0 Å². The summed E-state index contributed by atoms with van der Waals surface area (Å²) in [7, 11) is 1.56. The number of hydrogen-bond donors (Lipinski definition) is 1. The molecule has 1 saturated heterocycles. The van der Waals surface area contributed by atoms with Crippen molar-refractivity contribution < 1.29 is 47.3 Å². The van der Waals surface area contributed by atoms with E-state index in [0.717, 1.165) is 0 Å². The first-order valence-corrected chi connectivity index (χ1v) is 18.7. The number of epoxide rings is 1. The number of rotatable bonds is 8. The minimum atomic E-state index is -0.942. The van der Waals surface area contributed by atoms with E-state index in [0.29, 0.717) is 31.6 Å². The molecule has 2 aliphatic rings. The number of aliphatic hydroxyl groups excluding tert-OH is 1. The standard InChI is InChI=1S/C43H54N2O10/c1-8-18-34(46)42(3,4)36-23-14-12-10-11-13-20-29(50-7)26-39-45-31(28-52-39)41(49)55-37(43(5,6)35(47)19-9-2)24-17-22-33-32(53-33)21-15-16-25-38-44-30(27-51-38)40(48)54-36/h9-17,19-22,25,27-29,32-33,35-37,47H,8,18,23-24,26H2,1-7H3/b11-10-,14-12-,19-9+,20-13-,21-15-,22-17-,25-16?. The van der Waals surface area contributed by atoms with Crippen molar-refractivity contribution in [3.05, 3.63) is 115 Å². The highest BCUT2D eigenvalue weighted by atomic mass is 16.6. The Labute approximate surface area is 323 Å². The molecule has 0 saturated carbocycles. The number of esters is 2. The number of hydrogen-bond acceptors (Lipinski definition) is 12. The Morgan fingerprint density at radius 3 is 2.27 bits per heavy atom. The van der Waals surface area contributed by atoms with Gasteiger partial charge in [0, 0.05) is 37.9 Å². The fourth-order valence-corrected chi connectivity index (χ4v) is 5.77. The zero-order valence-electron chi connectivity index (χ0n) is 32.8. The van der Waals surface area contributed by atoms with Gasteiger partial charge in [0.05, 0.1) is 24.0 Å². The van der Waals surface area contributed by atoms with Crippen molar-refractivity contribution in [2.24, 2.45) is 10.8 Å². The summed E-state index contributed by atoms with van der Waals surface area (Å²) in [5.41, 5.74) is -1.78. The third-order valence-electron chi connectivity index (χ3n) is 9.67. The lowest BCUT2D eigenvalue weighted by Crippen LogP contribution is -2.42. The van der Waals surface area contributed by atoms with Crippen molar-refractivity contribution in [2.75, 3.05) is 7.11 Å². The molecule has 0 spiro atoms. The van der Waals surface area contributed by atoms with Crippen LogP contribution in [0.2, 0.25) is 0 Å². The molecule has 4 rings (SSSR count). The number of cyclic esters (lactones) is 2. The zero-order valence-corrected chi connectivity index (χ0v) is 32.8. The van der Waals surface area contributed by atoms with Gasteiger partial charge >= 0.3 is 11.9 Å². The van der Waals surface area contributed by atoms with E-state index in [4.69, 9.17) is 27.8 Å². The minimum Gasteiger partial charge on any atom is -0.457 e. The number of aliphatic hydroxyl groups is 1. The molecule has 1 N–H and O–H groups in total. The first-order chi connectivity index (χ1) is 26.3. The molecule has 2 aromatic rings. The van der Waals surface area contributed by atoms with E-state index < -0.39 is 47.2 Å². The van der Waals surface area contributed by atoms with E-state index in [1.54, 1.807) is 57.4 Å². The zero-order chi connectivity index (χ0) is 40.0. The van der Waals surface area contributed by atoms with Crippen LogP contribution in [0.15, 0.2) is 100 Å². The summed E-state index contributed by atoms with van der Waals surface area (Å²) in [6.45, 7) is 11.0. The van der Waals surface area contributed by atoms with Crippen molar-refractivity contribution in [1.29, 1.82) is 0 Å². The highest BCUT2D eigenvalue weighted by Gasteiger charge is 2.40. The van der Waals surface area contributed by atoms with E-state index >= 15 is 0 Å². The first kappa shape index (κ1) is 42.8. The van der Waals surface area contributed by atoms with Crippen LogP contribution in [0, 0.1) is 10.8 Å². The summed E-state index contributed by atoms with van der Waals surface area (Å²) in [4.78, 5) is 48.2.